The maximum atomic E-state index is 13.8. The molecule has 0 amide bonds. The molecule has 0 saturated heterocycles. The number of benzene rings is 2. The summed E-state index contributed by atoms with van der Waals surface area (Å²) in [5.41, 5.74) is 2.15. The first-order valence-corrected chi connectivity index (χ1v) is 9.49. The van der Waals surface area contributed by atoms with Crippen LogP contribution in [0.15, 0.2) is 64.2 Å². The summed E-state index contributed by atoms with van der Waals surface area (Å²) in [7, 11) is 1.82. The molecule has 0 spiro atoms. The monoisotopic (exact) mass is 374 g/mol. The molecule has 140 valence electrons. The van der Waals surface area contributed by atoms with Gasteiger partial charge in [-0.15, -0.1) is 0 Å². The van der Waals surface area contributed by atoms with Crippen molar-refractivity contribution in [1.82, 2.24) is 9.13 Å². The number of hydrogen-bond donors (Lipinski definition) is 0. The Hall–Kier alpha value is -3.21. The normalized spacial score (nSPS) is 14.5. The van der Waals surface area contributed by atoms with Crippen LogP contribution < -0.4 is 11.0 Å². The van der Waals surface area contributed by atoms with Crippen LogP contribution in [-0.4, -0.2) is 9.13 Å². The number of halogens is 1. The SMILES string of the molecule is Cn1c2ccc(F)cc2c(=O)c2c(=O)n(-c3ccccc3)c(C3CCC3)cc21. The number of nitrogens with zero attached hydrogens (tertiary/aromatic N) is 2. The molecule has 1 aliphatic carbocycles. The first kappa shape index (κ1) is 16.9. The molecule has 4 nitrogen and oxygen atoms in total. The molecule has 4 aromatic rings. The van der Waals surface area contributed by atoms with Crippen LogP contribution in [0.25, 0.3) is 27.5 Å². The van der Waals surface area contributed by atoms with Gasteiger partial charge in [-0.3, -0.25) is 14.2 Å². The zero-order chi connectivity index (χ0) is 19.4. The lowest BCUT2D eigenvalue weighted by atomic mass is 9.82. The molecule has 0 bridgehead atoms. The quantitative estimate of drug-likeness (QED) is 0.493. The molecule has 0 unspecified atom stereocenters. The van der Waals surface area contributed by atoms with Gasteiger partial charge in [0.15, 0.2) is 0 Å². The maximum Gasteiger partial charge on any atom is 0.268 e. The van der Waals surface area contributed by atoms with Crippen LogP contribution in [0.4, 0.5) is 4.39 Å². The number of fused-ring (bicyclic) bond motifs is 2. The maximum absolute atomic E-state index is 13.8. The standard InChI is InChI=1S/C23H19FN2O2/c1-25-18-11-10-15(24)12-17(18)22(27)21-20(25)13-19(14-6-5-7-14)26(23(21)28)16-8-3-2-4-9-16/h2-4,8-14H,5-7H2,1H3. The molecule has 1 fully saturated rings. The summed E-state index contributed by atoms with van der Waals surface area (Å²) in [4.78, 5) is 26.7. The lowest BCUT2D eigenvalue weighted by molar-refractivity contribution is 0.404. The molecule has 0 radical (unpaired) electrons. The number of rotatable bonds is 2. The van der Waals surface area contributed by atoms with Crippen LogP contribution >= 0.6 is 0 Å². The molecule has 1 aliphatic rings. The van der Waals surface area contributed by atoms with Crippen LogP contribution in [0.3, 0.4) is 0 Å². The van der Waals surface area contributed by atoms with Crippen molar-refractivity contribution in [3.63, 3.8) is 0 Å². The summed E-state index contributed by atoms with van der Waals surface area (Å²) in [6, 6.07) is 15.5. The van der Waals surface area contributed by atoms with E-state index in [4.69, 9.17) is 0 Å². The summed E-state index contributed by atoms with van der Waals surface area (Å²) in [6.45, 7) is 0. The van der Waals surface area contributed by atoms with Gasteiger partial charge in [-0.25, -0.2) is 4.39 Å². The molecular formula is C23H19FN2O2. The molecule has 0 N–H and O–H groups in total. The Labute approximate surface area is 160 Å². The third-order valence-electron chi connectivity index (χ3n) is 5.91. The number of hydrogen-bond acceptors (Lipinski definition) is 2. The number of aromatic nitrogens is 2. The van der Waals surface area contributed by atoms with Gasteiger partial charge in [0, 0.05) is 23.8 Å². The second-order valence-electron chi connectivity index (χ2n) is 7.48. The van der Waals surface area contributed by atoms with E-state index in [1.165, 1.54) is 12.1 Å². The van der Waals surface area contributed by atoms with Gasteiger partial charge in [-0.1, -0.05) is 24.6 Å². The highest BCUT2D eigenvalue weighted by atomic mass is 19.1. The van der Waals surface area contributed by atoms with E-state index in [1.807, 2.05) is 48.0 Å². The fourth-order valence-corrected chi connectivity index (χ4v) is 4.19. The number of para-hydroxylation sites is 1. The molecule has 0 aliphatic heterocycles. The van der Waals surface area contributed by atoms with Crippen molar-refractivity contribution in [2.75, 3.05) is 0 Å². The summed E-state index contributed by atoms with van der Waals surface area (Å²) in [5.74, 6) is -0.185. The van der Waals surface area contributed by atoms with Crippen molar-refractivity contribution in [2.24, 2.45) is 7.05 Å². The lowest BCUT2D eigenvalue weighted by Gasteiger charge is -2.29. The summed E-state index contributed by atoms with van der Waals surface area (Å²) in [5, 5.41) is 0.329. The average Bonchev–Trinajstić information content (AvgIpc) is 2.65. The summed E-state index contributed by atoms with van der Waals surface area (Å²) < 4.78 is 17.3. The molecule has 28 heavy (non-hydrogen) atoms. The molecular weight excluding hydrogens is 355 g/mol. The van der Waals surface area contributed by atoms with Gasteiger partial charge < -0.3 is 4.57 Å². The fourth-order valence-electron chi connectivity index (χ4n) is 4.19. The summed E-state index contributed by atoms with van der Waals surface area (Å²) in [6.07, 6.45) is 3.21. The highest BCUT2D eigenvalue weighted by Crippen LogP contribution is 2.37. The Morgan fingerprint density at radius 3 is 2.39 bits per heavy atom. The summed E-state index contributed by atoms with van der Waals surface area (Å²) >= 11 is 0. The minimum absolute atomic E-state index is 0.104. The Balaban J connectivity index is 1.98. The Morgan fingerprint density at radius 1 is 0.964 bits per heavy atom. The van der Waals surface area contributed by atoms with Crippen molar-refractivity contribution >= 4 is 21.8 Å². The van der Waals surface area contributed by atoms with Gasteiger partial charge in [0.25, 0.3) is 5.56 Å². The van der Waals surface area contributed by atoms with Crippen LogP contribution in [0.1, 0.15) is 30.9 Å². The Morgan fingerprint density at radius 2 is 1.71 bits per heavy atom. The predicted molar refractivity (Wildman–Crippen MR) is 109 cm³/mol. The van der Waals surface area contributed by atoms with E-state index in [-0.39, 0.29) is 16.3 Å². The van der Waals surface area contributed by atoms with Crippen molar-refractivity contribution in [1.29, 1.82) is 0 Å². The van der Waals surface area contributed by atoms with Gasteiger partial charge >= 0.3 is 0 Å². The Kier molecular flexibility index (Phi) is 3.72. The van der Waals surface area contributed by atoms with Crippen molar-refractivity contribution in [2.45, 2.75) is 25.2 Å². The third kappa shape index (κ3) is 2.35. The third-order valence-corrected chi connectivity index (χ3v) is 5.91. The highest BCUT2D eigenvalue weighted by Gasteiger charge is 2.26. The highest BCUT2D eigenvalue weighted by molar-refractivity contribution is 5.93. The fraction of sp³-hybridized carbons (Fsp3) is 0.217. The zero-order valence-electron chi connectivity index (χ0n) is 15.5. The smallest absolute Gasteiger partial charge is 0.268 e. The first-order valence-electron chi connectivity index (χ1n) is 9.49. The van der Waals surface area contributed by atoms with Crippen LogP contribution in [0.5, 0.6) is 0 Å². The van der Waals surface area contributed by atoms with Crippen molar-refractivity contribution < 1.29 is 4.39 Å². The van der Waals surface area contributed by atoms with E-state index in [1.54, 1.807) is 10.6 Å². The van der Waals surface area contributed by atoms with Crippen LogP contribution in [0.2, 0.25) is 0 Å². The zero-order valence-corrected chi connectivity index (χ0v) is 15.5. The van der Waals surface area contributed by atoms with E-state index in [2.05, 4.69) is 0 Å². The number of aryl methyl sites for hydroxylation is 1. The molecule has 2 aromatic heterocycles. The molecule has 5 rings (SSSR count). The number of pyridine rings is 2. The largest absolute Gasteiger partial charge is 0.343 e. The van der Waals surface area contributed by atoms with Gasteiger partial charge in [-0.2, -0.15) is 0 Å². The van der Waals surface area contributed by atoms with E-state index < -0.39 is 11.2 Å². The van der Waals surface area contributed by atoms with E-state index in [0.29, 0.717) is 17.0 Å². The van der Waals surface area contributed by atoms with E-state index in [0.717, 1.165) is 30.6 Å². The molecule has 2 heterocycles. The molecule has 5 heteroatoms. The van der Waals surface area contributed by atoms with E-state index in [9.17, 15) is 14.0 Å². The van der Waals surface area contributed by atoms with Gasteiger partial charge in [0.05, 0.1) is 11.0 Å². The topological polar surface area (TPSA) is 44.0 Å². The van der Waals surface area contributed by atoms with Gasteiger partial charge in [0.2, 0.25) is 5.43 Å². The molecule has 0 atom stereocenters. The molecule has 1 saturated carbocycles. The first-order chi connectivity index (χ1) is 13.6. The Bertz CT molecular complexity index is 1350. The van der Waals surface area contributed by atoms with Crippen molar-refractivity contribution in [3.05, 3.63) is 86.7 Å². The minimum atomic E-state index is -0.488. The van der Waals surface area contributed by atoms with Crippen LogP contribution in [0, 0.1) is 5.82 Å². The predicted octanol–water partition coefficient (Wildman–Crippen LogP) is 4.25. The van der Waals surface area contributed by atoms with Gasteiger partial charge in [0.1, 0.15) is 11.2 Å². The van der Waals surface area contributed by atoms with E-state index >= 15 is 0 Å². The average molecular weight is 374 g/mol. The second-order valence-corrected chi connectivity index (χ2v) is 7.48. The lowest BCUT2D eigenvalue weighted by Crippen LogP contribution is -2.30. The second kappa shape index (κ2) is 6.16. The van der Waals surface area contributed by atoms with Crippen LogP contribution in [-0.2, 0) is 7.05 Å². The van der Waals surface area contributed by atoms with Gasteiger partial charge in [-0.05, 0) is 55.2 Å². The molecule has 2 aromatic carbocycles. The van der Waals surface area contributed by atoms with Crippen molar-refractivity contribution in [3.8, 4) is 5.69 Å². The minimum Gasteiger partial charge on any atom is -0.343 e.